The molecule has 1 fully saturated rings. The van der Waals surface area contributed by atoms with Crippen LogP contribution in [-0.2, 0) is 27.3 Å². The molecular weight excluding hydrogens is 437 g/mol. The maximum Gasteiger partial charge on any atom is 0.268 e. The molecule has 1 saturated heterocycles. The first-order valence-corrected chi connectivity index (χ1v) is 10.8. The number of benzene rings is 2. The third-order valence-corrected chi connectivity index (χ3v) is 6.14. The van der Waals surface area contributed by atoms with Crippen molar-refractivity contribution >= 4 is 40.7 Å². The second-order valence-electron chi connectivity index (χ2n) is 8.11. The van der Waals surface area contributed by atoms with Crippen LogP contribution in [-0.4, -0.2) is 41.5 Å². The summed E-state index contributed by atoms with van der Waals surface area (Å²) in [6, 6.07) is 9.21. The third kappa shape index (κ3) is 4.08. The first kappa shape index (κ1) is 22.2. The molecule has 0 radical (unpaired) electrons. The molecule has 32 heavy (non-hydrogen) atoms. The summed E-state index contributed by atoms with van der Waals surface area (Å²) in [6.45, 7) is 2.26. The third-order valence-electron chi connectivity index (χ3n) is 5.92. The van der Waals surface area contributed by atoms with Crippen LogP contribution in [0.4, 0.5) is 15.8 Å². The van der Waals surface area contributed by atoms with E-state index >= 15 is 0 Å². The highest BCUT2D eigenvalue weighted by atomic mass is 35.5. The van der Waals surface area contributed by atoms with E-state index in [1.807, 2.05) is 6.07 Å². The highest BCUT2D eigenvalue weighted by Gasteiger charge is 2.51. The Morgan fingerprint density at radius 1 is 1.22 bits per heavy atom. The second-order valence-corrected chi connectivity index (χ2v) is 8.55. The average Bonchev–Trinajstić information content (AvgIpc) is 3.06. The molecule has 2 heterocycles. The second kappa shape index (κ2) is 8.52. The van der Waals surface area contributed by atoms with E-state index < -0.39 is 23.2 Å². The van der Waals surface area contributed by atoms with Crippen molar-refractivity contribution in [3.63, 3.8) is 0 Å². The lowest BCUT2D eigenvalue weighted by Gasteiger charge is -2.30. The van der Waals surface area contributed by atoms with Crippen molar-refractivity contribution in [2.24, 2.45) is 0 Å². The van der Waals surface area contributed by atoms with Crippen molar-refractivity contribution in [3.8, 4) is 0 Å². The van der Waals surface area contributed by atoms with Gasteiger partial charge in [0.2, 0.25) is 11.5 Å². The Kier molecular flexibility index (Phi) is 5.92. The molecule has 2 aliphatic rings. The number of halogens is 2. The minimum Gasteiger partial charge on any atom is -0.372 e. The molecule has 2 aromatic carbocycles. The van der Waals surface area contributed by atoms with Gasteiger partial charge >= 0.3 is 0 Å². The molecule has 7 nitrogen and oxygen atoms in total. The number of nitrogens with zero attached hydrogens (tertiary/aromatic N) is 2. The average molecular weight is 460 g/mol. The van der Waals surface area contributed by atoms with Gasteiger partial charge in [0, 0.05) is 49.4 Å². The zero-order valence-electron chi connectivity index (χ0n) is 17.5. The number of anilines is 2. The molecule has 2 N–H and O–H groups in total. The van der Waals surface area contributed by atoms with Gasteiger partial charge in [-0.05, 0) is 60.4 Å². The summed E-state index contributed by atoms with van der Waals surface area (Å²) in [4.78, 5) is 40.6. The van der Waals surface area contributed by atoms with Crippen LogP contribution in [0.2, 0.25) is 5.02 Å². The van der Waals surface area contributed by atoms with Crippen LogP contribution in [0.25, 0.3) is 0 Å². The minimum absolute atomic E-state index is 0.0402. The fraction of sp³-hybridized carbons (Fsp3) is 0.348. The Labute approximate surface area is 189 Å². The van der Waals surface area contributed by atoms with Crippen LogP contribution in [0.3, 0.4) is 0 Å². The lowest BCUT2D eigenvalue weighted by molar-refractivity contribution is -0.149. The van der Waals surface area contributed by atoms with Crippen molar-refractivity contribution in [1.82, 2.24) is 5.32 Å². The summed E-state index contributed by atoms with van der Waals surface area (Å²) in [5.74, 6) is -2.14. The van der Waals surface area contributed by atoms with Gasteiger partial charge in [-0.15, -0.1) is 0 Å². The number of hydrogen-bond acceptors (Lipinski definition) is 4. The molecule has 2 aromatic rings. The van der Waals surface area contributed by atoms with Gasteiger partial charge in [-0.1, -0.05) is 11.6 Å². The summed E-state index contributed by atoms with van der Waals surface area (Å²) in [6.07, 6.45) is 1.52. The number of fused-ring (bicyclic) bond motifs is 1. The Morgan fingerprint density at radius 2 is 2.00 bits per heavy atom. The molecule has 0 aliphatic carbocycles. The monoisotopic (exact) mass is 459 g/mol. The Bertz CT molecular complexity index is 1090. The van der Waals surface area contributed by atoms with Gasteiger partial charge in [-0.25, -0.2) is 4.39 Å². The van der Waals surface area contributed by atoms with E-state index in [0.717, 1.165) is 30.2 Å². The number of aryl methyl sites for hydroxylation is 1. The molecule has 0 spiro atoms. The number of carbonyl (C=O) groups excluding carboxylic acids is 3. The van der Waals surface area contributed by atoms with E-state index in [1.165, 1.54) is 24.0 Å². The number of carbonyl (C=O) groups is 3. The van der Waals surface area contributed by atoms with Gasteiger partial charge in [0.1, 0.15) is 5.82 Å². The molecule has 2 aliphatic heterocycles. The SMILES string of the molecule is CC(=O)N1CCCc2cc(N3CC[C@](O)(C(=O)NCc4cc(F)cc(Cl)c4)C3=O)ccc21. The van der Waals surface area contributed by atoms with Crippen LogP contribution in [0.15, 0.2) is 36.4 Å². The summed E-state index contributed by atoms with van der Waals surface area (Å²) >= 11 is 5.82. The minimum atomic E-state index is -2.21. The predicted molar refractivity (Wildman–Crippen MR) is 118 cm³/mol. The maximum absolute atomic E-state index is 13.5. The molecule has 9 heteroatoms. The normalized spacial score (nSPS) is 20.3. The van der Waals surface area contributed by atoms with Crippen LogP contribution in [0, 0.1) is 5.82 Å². The summed E-state index contributed by atoms with van der Waals surface area (Å²) < 4.78 is 13.5. The van der Waals surface area contributed by atoms with E-state index in [1.54, 1.807) is 17.0 Å². The number of rotatable bonds is 4. The van der Waals surface area contributed by atoms with Crippen LogP contribution >= 0.6 is 11.6 Å². The van der Waals surface area contributed by atoms with E-state index in [0.29, 0.717) is 17.8 Å². The van der Waals surface area contributed by atoms with Crippen molar-refractivity contribution in [2.75, 3.05) is 22.9 Å². The van der Waals surface area contributed by atoms with Gasteiger partial charge < -0.3 is 20.2 Å². The topological polar surface area (TPSA) is 89.9 Å². The smallest absolute Gasteiger partial charge is 0.268 e. The van der Waals surface area contributed by atoms with Gasteiger partial charge in [0.05, 0.1) is 0 Å². The quantitative estimate of drug-likeness (QED) is 0.688. The van der Waals surface area contributed by atoms with E-state index in [2.05, 4.69) is 5.32 Å². The first-order chi connectivity index (χ1) is 15.2. The molecule has 168 valence electrons. The Hall–Kier alpha value is -2.97. The highest BCUT2D eigenvalue weighted by Crippen LogP contribution is 2.34. The fourth-order valence-corrected chi connectivity index (χ4v) is 4.53. The van der Waals surface area contributed by atoms with Crippen molar-refractivity contribution in [1.29, 1.82) is 0 Å². The highest BCUT2D eigenvalue weighted by molar-refractivity contribution is 6.30. The summed E-state index contributed by atoms with van der Waals surface area (Å²) in [7, 11) is 0. The van der Waals surface area contributed by atoms with Gasteiger partial charge in [0.25, 0.3) is 11.8 Å². The molecule has 1 atom stereocenters. The van der Waals surface area contributed by atoms with Crippen molar-refractivity contribution < 1.29 is 23.9 Å². The Balaban J connectivity index is 1.49. The molecular formula is C23H23ClFN3O4. The zero-order valence-corrected chi connectivity index (χ0v) is 18.3. The van der Waals surface area contributed by atoms with Crippen molar-refractivity contribution in [3.05, 3.63) is 58.4 Å². The van der Waals surface area contributed by atoms with Gasteiger partial charge in [-0.2, -0.15) is 0 Å². The number of hydrogen-bond donors (Lipinski definition) is 2. The first-order valence-electron chi connectivity index (χ1n) is 10.4. The number of amides is 3. The lowest BCUT2D eigenvalue weighted by atomic mass is 10.00. The van der Waals surface area contributed by atoms with Gasteiger partial charge in [-0.3, -0.25) is 14.4 Å². The summed E-state index contributed by atoms with van der Waals surface area (Å²) in [5.41, 5.74) is 0.539. The molecule has 0 aromatic heterocycles. The largest absolute Gasteiger partial charge is 0.372 e. The number of aliphatic hydroxyl groups is 1. The molecule has 3 amide bonds. The maximum atomic E-state index is 13.5. The van der Waals surface area contributed by atoms with E-state index in [4.69, 9.17) is 11.6 Å². The molecule has 0 bridgehead atoms. The van der Waals surface area contributed by atoms with Crippen LogP contribution in [0.1, 0.15) is 30.9 Å². The predicted octanol–water partition coefficient (Wildman–Crippen LogP) is 2.56. The lowest BCUT2D eigenvalue weighted by Crippen LogP contribution is -2.52. The molecule has 0 unspecified atom stereocenters. The van der Waals surface area contributed by atoms with Gasteiger partial charge in [0.15, 0.2) is 0 Å². The fourth-order valence-electron chi connectivity index (χ4n) is 4.28. The van der Waals surface area contributed by atoms with Crippen LogP contribution < -0.4 is 15.1 Å². The standard InChI is InChI=1S/C23H23ClFN3O4/c1-14(29)27-7-2-3-16-11-19(4-5-20(16)27)28-8-6-23(32,22(28)31)21(30)26-13-15-9-17(24)12-18(25)10-15/h4-5,9-12,32H,2-3,6-8,13H2,1H3,(H,26,30)/t23-/m0/s1. The van der Waals surface area contributed by atoms with E-state index in [-0.39, 0.29) is 30.4 Å². The molecule has 4 rings (SSSR count). The Morgan fingerprint density at radius 3 is 2.72 bits per heavy atom. The summed E-state index contributed by atoms with van der Waals surface area (Å²) in [5, 5.41) is 13.5. The zero-order chi connectivity index (χ0) is 23.0. The van der Waals surface area contributed by atoms with Crippen molar-refractivity contribution in [2.45, 2.75) is 38.3 Å². The van der Waals surface area contributed by atoms with Crippen LogP contribution in [0.5, 0.6) is 0 Å². The molecule has 0 saturated carbocycles. The van der Waals surface area contributed by atoms with E-state index in [9.17, 15) is 23.9 Å². The number of nitrogens with one attached hydrogen (secondary N) is 1.